The number of hydrogen-bond donors (Lipinski definition) is 1. The molecule has 2 heterocycles. The molecule has 3 nitrogen and oxygen atoms in total. The minimum atomic E-state index is 0.157. The maximum atomic E-state index is 6.20. The van der Waals surface area contributed by atoms with Gasteiger partial charge in [-0.25, -0.2) is 0 Å². The second-order valence-corrected chi connectivity index (χ2v) is 6.23. The molecule has 0 aliphatic carbocycles. The molecule has 1 atom stereocenters. The van der Waals surface area contributed by atoms with E-state index in [0.717, 1.165) is 30.2 Å². The largest absolute Gasteiger partial charge is 0.310 e. The topological polar surface area (TPSA) is 28.2 Å². The third-order valence-corrected chi connectivity index (χ3v) is 3.96. The SMILES string of the molecule is CC1CCNC(C)(C)CN1Cc1ccncc1Cl. The third-order valence-electron chi connectivity index (χ3n) is 3.62. The summed E-state index contributed by atoms with van der Waals surface area (Å²) < 4.78 is 0. The molecule has 1 aliphatic heterocycles. The van der Waals surface area contributed by atoms with Crippen LogP contribution < -0.4 is 5.32 Å². The molecule has 18 heavy (non-hydrogen) atoms. The molecule has 1 fully saturated rings. The zero-order valence-electron chi connectivity index (χ0n) is 11.4. The van der Waals surface area contributed by atoms with Crippen molar-refractivity contribution in [3.8, 4) is 0 Å². The van der Waals surface area contributed by atoms with E-state index in [1.807, 2.05) is 12.3 Å². The highest BCUT2D eigenvalue weighted by Gasteiger charge is 2.28. The molecule has 1 unspecified atom stereocenters. The fourth-order valence-electron chi connectivity index (χ4n) is 2.48. The van der Waals surface area contributed by atoms with Gasteiger partial charge in [0.2, 0.25) is 0 Å². The number of aromatic nitrogens is 1. The van der Waals surface area contributed by atoms with E-state index in [1.54, 1.807) is 6.20 Å². The summed E-state index contributed by atoms with van der Waals surface area (Å²) in [5, 5.41) is 4.36. The molecule has 1 saturated heterocycles. The van der Waals surface area contributed by atoms with E-state index < -0.39 is 0 Å². The Morgan fingerprint density at radius 1 is 1.56 bits per heavy atom. The molecule has 0 aromatic carbocycles. The molecule has 0 spiro atoms. The molecule has 1 aromatic heterocycles. The van der Waals surface area contributed by atoms with Gasteiger partial charge in [-0.1, -0.05) is 11.6 Å². The first-order chi connectivity index (χ1) is 8.48. The highest BCUT2D eigenvalue weighted by molar-refractivity contribution is 6.31. The third kappa shape index (κ3) is 3.44. The van der Waals surface area contributed by atoms with Crippen LogP contribution in [0.4, 0.5) is 0 Å². The molecule has 0 radical (unpaired) electrons. The van der Waals surface area contributed by atoms with Crippen LogP contribution in [0.25, 0.3) is 0 Å². The maximum Gasteiger partial charge on any atom is 0.0634 e. The van der Waals surface area contributed by atoms with E-state index >= 15 is 0 Å². The van der Waals surface area contributed by atoms with Crippen LogP contribution in [0, 0.1) is 0 Å². The van der Waals surface area contributed by atoms with Crippen LogP contribution in [0.5, 0.6) is 0 Å². The van der Waals surface area contributed by atoms with Gasteiger partial charge in [0.25, 0.3) is 0 Å². The van der Waals surface area contributed by atoms with E-state index in [4.69, 9.17) is 11.6 Å². The van der Waals surface area contributed by atoms with Crippen molar-refractivity contribution in [1.29, 1.82) is 0 Å². The minimum absolute atomic E-state index is 0.157. The number of nitrogens with zero attached hydrogens (tertiary/aromatic N) is 2. The maximum absolute atomic E-state index is 6.20. The second kappa shape index (κ2) is 5.55. The highest BCUT2D eigenvalue weighted by atomic mass is 35.5. The molecular weight excluding hydrogens is 246 g/mol. The summed E-state index contributed by atoms with van der Waals surface area (Å²) in [5.41, 5.74) is 1.32. The fraction of sp³-hybridized carbons (Fsp3) is 0.643. The van der Waals surface area contributed by atoms with E-state index in [-0.39, 0.29) is 5.54 Å². The summed E-state index contributed by atoms with van der Waals surface area (Å²) in [6.07, 6.45) is 4.71. The van der Waals surface area contributed by atoms with Gasteiger partial charge >= 0.3 is 0 Å². The number of nitrogens with one attached hydrogen (secondary N) is 1. The van der Waals surface area contributed by atoms with Crippen molar-refractivity contribution in [3.63, 3.8) is 0 Å². The Kier molecular flexibility index (Phi) is 4.25. The summed E-state index contributed by atoms with van der Waals surface area (Å²) in [5.74, 6) is 0. The number of halogens is 1. The van der Waals surface area contributed by atoms with Crippen LogP contribution in [-0.4, -0.2) is 34.6 Å². The van der Waals surface area contributed by atoms with Gasteiger partial charge in [-0.2, -0.15) is 0 Å². The van der Waals surface area contributed by atoms with E-state index in [1.165, 1.54) is 6.42 Å². The molecule has 1 aliphatic rings. The molecule has 4 heteroatoms. The first-order valence-electron chi connectivity index (χ1n) is 6.55. The fourth-order valence-corrected chi connectivity index (χ4v) is 2.66. The highest BCUT2D eigenvalue weighted by Crippen LogP contribution is 2.21. The summed E-state index contributed by atoms with van der Waals surface area (Å²) in [7, 11) is 0. The second-order valence-electron chi connectivity index (χ2n) is 5.82. The van der Waals surface area contributed by atoms with Crippen molar-refractivity contribution in [2.45, 2.75) is 45.3 Å². The molecule has 0 saturated carbocycles. The molecule has 2 rings (SSSR count). The van der Waals surface area contributed by atoms with Crippen molar-refractivity contribution in [1.82, 2.24) is 15.2 Å². The van der Waals surface area contributed by atoms with Crippen molar-refractivity contribution in [2.24, 2.45) is 0 Å². The van der Waals surface area contributed by atoms with Crippen molar-refractivity contribution < 1.29 is 0 Å². The van der Waals surface area contributed by atoms with Crippen molar-refractivity contribution in [2.75, 3.05) is 13.1 Å². The lowest BCUT2D eigenvalue weighted by Crippen LogP contribution is -2.47. The van der Waals surface area contributed by atoms with Crippen LogP contribution >= 0.6 is 11.6 Å². The van der Waals surface area contributed by atoms with Gasteiger partial charge < -0.3 is 5.32 Å². The van der Waals surface area contributed by atoms with Gasteiger partial charge in [0, 0.05) is 37.1 Å². The molecule has 0 amide bonds. The van der Waals surface area contributed by atoms with E-state index in [9.17, 15) is 0 Å². The van der Waals surface area contributed by atoms with Gasteiger partial charge in [0.15, 0.2) is 0 Å². The monoisotopic (exact) mass is 267 g/mol. The lowest BCUT2D eigenvalue weighted by atomic mass is 10.0. The summed E-state index contributed by atoms with van der Waals surface area (Å²) in [6, 6.07) is 2.59. The number of rotatable bonds is 2. The van der Waals surface area contributed by atoms with Crippen LogP contribution in [0.1, 0.15) is 32.8 Å². The summed E-state index contributed by atoms with van der Waals surface area (Å²) in [6.45, 7) is 9.81. The zero-order chi connectivity index (χ0) is 13.2. The predicted molar refractivity (Wildman–Crippen MR) is 75.8 cm³/mol. The number of hydrogen-bond acceptors (Lipinski definition) is 3. The molecule has 1 aromatic rings. The Labute approximate surface area is 115 Å². The van der Waals surface area contributed by atoms with Gasteiger partial charge in [-0.05, 0) is 45.4 Å². The Bertz CT molecular complexity index is 406. The first-order valence-corrected chi connectivity index (χ1v) is 6.93. The standard InChI is InChI=1S/C14H22ClN3/c1-11-4-7-17-14(2,3)10-18(11)9-12-5-6-16-8-13(12)15/h5-6,8,11,17H,4,7,9-10H2,1-3H3. The smallest absolute Gasteiger partial charge is 0.0634 e. The molecule has 1 N–H and O–H groups in total. The van der Waals surface area contributed by atoms with Crippen LogP contribution in [0.15, 0.2) is 18.5 Å². The number of pyridine rings is 1. The first kappa shape index (κ1) is 13.8. The quantitative estimate of drug-likeness (QED) is 0.893. The van der Waals surface area contributed by atoms with Gasteiger partial charge in [0.05, 0.1) is 5.02 Å². The van der Waals surface area contributed by atoms with Crippen LogP contribution in [-0.2, 0) is 6.54 Å². The van der Waals surface area contributed by atoms with E-state index in [0.29, 0.717) is 6.04 Å². The van der Waals surface area contributed by atoms with Crippen molar-refractivity contribution in [3.05, 3.63) is 29.0 Å². The van der Waals surface area contributed by atoms with Gasteiger partial charge in [-0.15, -0.1) is 0 Å². The minimum Gasteiger partial charge on any atom is -0.310 e. The Morgan fingerprint density at radius 2 is 2.33 bits per heavy atom. The van der Waals surface area contributed by atoms with Gasteiger partial charge in [0.1, 0.15) is 0 Å². The zero-order valence-corrected chi connectivity index (χ0v) is 12.2. The summed E-state index contributed by atoms with van der Waals surface area (Å²) in [4.78, 5) is 6.54. The lowest BCUT2D eigenvalue weighted by Gasteiger charge is -2.33. The van der Waals surface area contributed by atoms with Gasteiger partial charge in [-0.3, -0.25) is 9.88 Å². The Morgan fingerprint density at radius 3 is 3.06 bits per heavy atom. The Balaban J connectivity index is 2.13. The van der Waals surface area contributed by atoms with Crippen LogP contribution in [0.2, 0.25) is 5.02 Å². The molecule has 0 bridgehead atoms. The average Bonchev–Trinajstić information content (AvgIpc) is 2.41. The molecule has 100 valence electrons. The predicted octanol–water partition coefficient (Wildman–Crippen LogP) is 2.70. The lowest BCUT2D eigenvalue weighted by molar-refractivity contribution is 0.173. The van der Waals surface area contributed by atoms with Crippen LogP contribution in [0.3, 0.4) is 0 Å². The molecular formula is C14H22ClN3. The Hall–Kier alpha value is -0.640. The summed E-state index contributed by atoms with van der Waals surface area (Å²) >= 11 is 6.20. The van der Waals surface area contributed by atoms with Crippen molar-refractivity contribution >= 4 is 11.6 Å². The van der Waals surface area contributed by atoms with E-state index in [2.05, 4.69) is 36.0 Å². The normalized spacial score (nSPS) is 24.8. The average molecular weight is 268 g/mol.